The molecule has 1 aromatic carbocycles. The number of piperidine rings is 1. The Hall–Kier alpha value is -1.30. The zero-order valence-corrected chi connectivity index (χ0v) is 12.1. The molecular weight excluding hydrogens is 256 g/mol. The van der Waals surface area contributed by atoms with Crippen LogP contribution in [0.1, 0.15) is 31.4 Å². The number of nitrogens with two attached hydrogens (primary N) is 1. The molecule has 0 spiro atoms. The second-order valence-electron chi connectivity index (χ2n) is 5.43. The lowest BCUT2D eigenvalue weighted by atomic mass is 9.95. The molecule has 5 nitrogen and oxygen atoms in total. The van der Waals surface area contributed by atoms with Crippen LogP contribution in [0.3, 0.4) is 0 Å². The first-order valence-electron chi connectivity index (χ1n) is 7.07. The predicted molar refractivity (Wildman–Crippen MR) is 77.8 cm³/mol. The van der Waals surface area contributed by atoms with Gasteiger partial charge in [-0.2, -0.15) is 0 Å². The van der Waals surface area contributed by atoms with Crippen molar-refractivity contribution >= 4 is 0 Å². The van der Waals surface area contributed by atoms with E-state index in [0.29, 0.717) is 6.54 Å². The summed E-state index contributed by atoms with van der Waals surface area (Å²) >= 11 is 0. The zero-order valence-electron chi connectivity index (χ0n) is 12.1. The number of methoxy groups -OCH3 is 1. The van der Waals surface area contributed by atoms with Gasteiger partial charge in [-0.15, -0.1) is 0 Å². The molecule has 20 heavy (non-hydrogen) atoms. The topological polar surface area (TPSA) is 79.0 Å². The number of benzene rings is 1. The Balaban J connectivity index is 2.17. The average Bonchev–Trinajstić information content (AvgIpc) is 2.46. The standard InChI is InChI=1S/C15H24N2O3/c1-10(14-4-3-12(18)8-15(14)19)17-6-5-13(20-2)7-11(17)9-16/h3-4,8,10-11,13,18-19H,5-7,9,16H2,1-2H3. The van der Waals surface area contributed by atoms with Crippen LogP contribution in [0.4, 0.5) is 0 Å². The molecule has 1 heterocycles. The quantitative estimate of drug-likeness (QED) is 0.780. The lowest BCUT2D eigenvalue weighted by Gasteiger charge is -2.42. The molecule has 0 saturated carbocycles. The van der Waals surface area contributed by atoms with Gasteiger partial charge in [-0.3, -0.25) is 4.90 Å². The van der Waals surface area contributed by atoms with Crippen molar-refractivity contribution in [1.29, 1.82) is 0 Å². The van der Waals surface area contributed by atoms with E-state index >= 15 is 0 Å². The van der Waals surface area contributed by atoms with E-state index < -0.39 is 0 Å². The molecular formula is C15H24N2O3. The Bertz CT molecular complexity index is 453. The van der Waals surface area contributed by atoms with E-state index in [1.165, 1.54) is 6.07 Å². The third-order valence-corrected chi connectivity index (χ3v) is 4.28. The maximum absolute atomic E-state index is 10.0. The number of hydrogen-bond donors (Lipinski definition) is 3. The Morgan fingerprint density at radius 1 is 1.45 bits per heavy atom. The molecule has 3 atom stereocenters. The van der Waals surface area contributed by atoms with Gasteiger partial charge in [0.25, 0.3) is 0 Å². The van der Waals surface area contributed by atoms with Gasteiger partial charge in [0.05, 0.1) is 6.10 Å². The average molecular weight is 280 g/mol. The van der Waals surface area contributed by atoms with Gasteiger partial charge in [0.1, 0.15) is 11.5 Å². The highest BCUT2D eigenvalue weighted by Crippen LogP contribution is 2.34. The maximum Gasteiger partial charge on any atom is 0.124 e. The van der Waals surface area contributed by atoms with Crippen LogP contribution in [0, 0.1) is 0 Å². The monoisotopic (exact) mass is 280 g/mol. The molecule has 0 aromatic heterocycles. The largest absolute Gasteiger partial charge is 0.508 e. The summed E-state index contributed by atoms with van der Waals surface area (Å²) in [6, 6.07) is 5.06. The normalized spacial score (nSPS) is 25.6. The second kappa shape index (κ2) is 6.43. The van der Waals surface area contributed by atoms with Crippen molar-refractivity contribution in [3.63, 3.8) is 0 Å². The first-order chi connectivity index (χ1) is 9.56. The fourth-order valence-corrected chi connectivity index (χ4v) is 3.05. The highest BCUT2D eigenvalue weighted by molar-refractivity contribution is 5.40. The van der Waals surface area contributed by atoms with Crippen molar-refractivity contribution in [3.05, 3.63) is 23.8 Å². The van der Waals surface area contributed by atoms with Gasteiger partial charge in [-0.25, -0.2) is 0 Å². The summed E-state index contributed by atoms with van der Waals surface area (Å²) in [5.41, 5.74) is 6.71. The van der Waals surface area contributed by atoms with Gasteiger partial charge >= 0.3 is 0 Å². The molecule has 4 N–H and O–H groups in total. The summed E-state index contributed by atoms with van der Waals surface area (Å²) in [6.07, 6.45) is 2.15. The Morgan fingerprint density at radius 3 is 2.80 bits per heavy atom. The Labute approximate surface area is 120 Å². The fourth-order valence-electron chi connectivity index (χ4n) is 3.05. The number of phenolic OH excluding ortho intramolecular Hbond substituents is 2. The SMILES string of the molecule is COC1CCN(C(C)c2ccc(O)cc2O)C(CN)C1. The van der Waals surface area contributed by atoms with Gasteiger partial charge in [0.2, 0.25) is 0 Å². The van der Waals surface area contributed by atoms with Crippen LogP contribution in [-0.2, 0) is 4.74 Å². The highest BCUT2D eigenvalue weighted by Gasteiger charge is 2.31. The lowest BCUT2D eigenvalue weighted by molar-refractivity contribution is -0.00195. The number of nitrogens with zero attached hydrogens (tertiary/aromatic N) is 1. The van der Waals surface area contributed by atoms with Gasteiger partial charge in [-0.1, -0.05) is 6.07 Å². The fraction of sp³-hybridized carbons (Fsp3) is 0.600. The van der Waals surface area contributed by atoms with E-state index in [2.05, 4.69) is 11.8 Å². The molecule has 0 aliphatic carbocycles. The summed E-state index contributed by atoms with van der Waals surface area (Å²) < 4.78 is 5.43. The molecule has 1 aliphatic heterocycles. The molecule has 1 saturated heterocycles. The van der Waals surface area contributed by atoms with E-state index in [4.69, 9.17) is 10.5 Å². The van der Waals surface area contributed by atoms with Crippen LogP contribution in [0.25, 0.3) is 0 Å². The molecule has 1 fully saturated rings. The van der Waals surface area contributed by atoms with Gasteiger partial charge in [0, 0.05) is 43.9 Å². The van der Waals surface area contributed by atoms with Crippen molar-refractivity contribution in [1.82, 2.24) is 4.90 Å². The smallest absolute Gasteiger partial charge is 0.124 e. The minimum absolute atomic E-state index is 0.0574. The minimum Gasteiger partial charge on any atom is -0.508 e. The molecule has 0 amide bonds. The third kappa shape index (κ3) is 3.06. The zero-order chi connectivity index (χ0) is 14.7. The Morgan fingerprint density at radius 2 is 2.20 bits per heavy atom. The highest BCUT2D eigenvalue weighted by atomic mass is 16.5. The van der Waals surface area contributed by atoms with Crippen LogP contribution >= 0.6 is 0 Å². The van der Waals surface area contributed by atoms with Crippen LogP contribution in [0.15, 0.2) is 18.2 Å². The molecule has 0 radical (unpaired) electrons. The van der Waals surface area contributed by atoms with Crippen molar-refractivity contribution in [2.24, 2.45) is 5.73 Å². The number of likely N-dealkylation sites (tertiary alicyclic amines) is 1. The minimum atomic E-state index is 0.0574. The van der Waals surface area contributed by atoms with E-state index in [0.717, 1.165) is 24.9 Å². The summed E-state index contributed by atoms with van der Waals surface area (Å²) in [6.45, 7) is 3.52. The first-order valence-corrected chi connectivity index (χ1v) is 7.07. The first kappa shape index (κ1) is 15.1. The number of ether oxygens (including phenoxy) is 1. The van der Waals surface area contributed by atoms with Crippen molar-refractivity contribution in [3.8, 4) is 11.5 Å². The van der Waals surface area contributed by atoms with Crippen molar-refractivity contribution in [2.75, 3.05) is 20.2 Å². The molecule has 112 valence electrons. The van der Waals surface area contributed by atoms with E-state index in [-0.39, 0.29) is 29.7 Å². The van der Waals surface area contributed by atoms with Gasteiger partial charge in [0.15, 0.2) is 0 Å². The number of aromatic hydroxyl groups is 2. The van der Waals surface area contributed by atoms with Crippen molar-refractivity contribution in [2.45, 2.75) is 38.0 Å². The summed E-state index contributed by atoms with van der Waals surface area (Å²) in [5.74, 6) is 0.203. The summed E-state index contributed by atoms with van der Waals surface area (Å²) in [5, 5.41) is 19.4. The van der Waals surface area contributed by atoms with Crippen LogP contribution in [0.5, 0.6) is 11.5 Å². The number of phenols is 2. The predicted octanol–water partition coefficient (Wildman–Crippen LogP) is 1.60. The molecule has 3 unspecified atom stereocenters. The summed E-state index contributed by atoms with van der Waals surface area (Å²) in [7, 11) is 1.74. The second-order valence-corrected chi connectivity index (χ2v) is 5.43. The molecule has 5 heteroatoms. The summed E-state index contributed by atoms with van der Waals surface area (Å²) in [4.78, 5) is 2.31. The number of hydrogen-bond acceptors (Lipinski definition) is 5. The molecule has 1 aliphatic rings. The molecule has 0 bridgehead atoms. The van der Waals surface area contributed by atoms with Crippen LogP contribution < -0.4 is 5.73 Å². The third-order valence-electron chi connectivity index (χ3n) is 4.28. The van der Waals surface area contributed by atoms with E-state index in [1.54, 1.807) is 19.2 Å². The van der Waals surface area contributed by atoms with Crippen LogP contribution in [-0.4, -0.2) is 47.5 Å². The maximum atomic E-state index is 10.0. The van der Waals surface area contributed by atoms with Gasteiger partial charge in [-0.05, 0) is 25.8 Å². The van der Waals surface area contributed by atoms with Crippen LogP contribution in [0.2, 0.25) is 0 Å². The van der Waals surface area contributed by atoms with E-state index in [1.807, 2.05) is 0 Å². The molecule has 2 rings (SSSR count). The van der Waals surface area contributed by atoms with Crippen molar-refractivity contribution < 1.29 is 14.9 Å². The molecule has 1 aromatic rings. The number of rotatable bonds is 4. The Kier molecular flexibility index (Phi) is 4.86. The van der Waals surface area contributed by atoms with Gasteiger partial charge < -0.3 is 20.7 Å². The van der Waals surface area contributed by atoms with E-state index in [9.17, 15) is 10.2 Å². The lowest BCUT2D eigenvalue weighted by Crippen LogP contribution is -2.49.